The molecule has 2 fully saturated rings. The van der Waals surface area contributed by atoms with Crippen molar-refractivity contribution in [2.45, 2.75) is 51.1 Å². The van der Waals surface area contributed by atoms with Crippen molar-refractivity contribution in [3.63, 3.8) is 0 Å². The van der Waals surface area contributed by atoms with E-state index in [4.69, 9.17) is 5.73 Å². The van der Waals surface area contributed by atoms with E-state index in [1.54, 1.807) is 0 Å². The maximum atomic E-state index is 9.29. The quantitative estimate of drug-likeness (QED) is 0.744. The third-order valence-electron chi connectivity index (χ3n) is 4.81. The Labute approximate surface area is 99.0 Å². The lowest BCUT2D eigenvalue weighted by molar-refractivity contribution is 0.0911. The van der Waals surface area contributed by atoms with Crippen molar-refractivity contribution in [3.05, 3.63) is 0 Å². The molecule has 2 aliphatic rings. The summed E-state index contributed by atoms with van der Waals surface area (Å²) in [5.41, 5.74) is 5.85. The van der Waals surface area contributed by atoms with E-state index in [0.29, 0.717) is 6.04 Å². The maximum Gasteiger partial charge on any atom is 0.0611 e. The summed E-state index contributed by atoms with van der Waals surface area (Å²) in [5.74, 6) is 1.66. The first-order valence-electron chi connectivity index (χ1n) is 6.68. The highest BCUT2D eigenvalue weighted by Gasteiger charge is 2.39. The van der Waals surface area contributed by atoms with Crippen LogP contribution < -0.4 is 5.73 Å². The number of piperidine rings is 1. The zero-order chi connectivity index (χ0) is 11.8. The Morgan fingerprint density at radius 2 is 2.06 bits per heavy atom. The van der Waals surface area contributed by atoms with Crippen molar-refractivity contribution >= 4 is 0 Å². The molecule has 0 aromatic carbocycles. The van der Waals surface area contributed by atoms with Crippen LogP contribution in [0, 0.1) is 11.8 Å². The van der Waals surface area contributed by atoms with E-state index < -0.39 is 0 Å². The first-order chi connectivity index (χ1) is 7.54. The second-order valence-corrected chi connectivity index (χ2v) is 6.16. The Hall–Kier alpha value is -0.120. The average molecular weight is 226 g/mol. The molecule has 0 radical (unpaired) electrons. The van der Waals surface area contributed by atoms with Gasteiger partial charge in [-0.1, -0.05) is 13.8 Å². The van der Waals surface area contributed by atoms with Gasteiger partial charge in [0.05, 0.1) is 6.61 Å². The fourth-order valence-corrected chi connectivity index (χ4v) is 3.21. The van der Waals surface area contributed by atoms with E-state index in [2.05, 4.69) is 18.7 Å². The smallest absolute Gasteiger partial charge is 0.0611 e. The van der Waals surface area contributed by atoms with Gasteiger partial charge in [0.15, 0.2) is 0 Å². The van der Waals surface area contributed by atoms with Crippen LogP contribution in [0.4, 0.5) is 0 Å². The van der Waals surface area contributed by atoms with E-state index in [-0.39, 0.29) is 12.1 Å². The molecule has 16 heavy (non-hydrogen) atoms. The molecule has 2 rings (SSSR count). The van der Waals surface area contributed by atoms with Gasteiger partial charge >= 0.3 is 0 Å². The van der Waals surface area contributed by atoms with Gasteiger partial charge in [0, 0.05) is 18.1 Å². The standard InChI is InChI=1S/C13H26N2O/c1-10-4-6-15(8-11(10)2)12-3-5-13(14,7-12)9-16/h10-12,16H,3-9,14H2,1-2H3. The summed E-state index contributed by atoms with van der Waals surface area (Å²) in [6.45, 7) is 7.29. The minimum Gasteiger partial charge on any atom is -0.394 e. The number of rotatable bonds is 2. The maximum absolute atomic E-state index is 9.29. The number of aliphatic hydroxyl groups excluding tert-OH is 1. The monoisotopic (exact) mass is 226 g/mol. The lowest BCUT2D eigenvalue weighted by Crippen LogP contribution is -2.47. The molecule has 0 aromatic heterocycles. The van der Waals surface area contributed by atoms with Crippen LogP contribution in [-0.4, -0.2) is 41.3 Å². The van der Waals surface area contributed by atoms with Gasteiger partial charge in [-0.05, 0) is 44.1 Å². The fourth-order valence-electron chi connectivity index (χ4n) is 3.21. The molecular weight excluding hydrogens is 200 g/mol. The van der Waals surface area contributed by atoms with Crippen LogP contribution in [0.5, 0.6) is 0 Å². The highest BCUT2D eigenvalue weighted by atomic mass is 16.3. The zero-order valence-corrected chi connectivity index (χ0v) is 10.7. The molecule has 0 amide bonds. The van der Waals surface area contributed by atoms with Crippen molar-refractivity contribution in [3.8, 4) is 0 Å². The summed E-state index contributed by atoms with van der Waals surface area (Å²) in [4.78, 5) is 2.61. The SMILES string of the molecule is CC1CCN(C2CCC(N)(CO)C2)CC1C. The molecule has 1 saturated carbocycles. The van der Waals surface area contributed by atoms with Crippen LogP contribution in [0.1, 0.15) is 39.5 Å². The predicted octanol–water partition coefficient (Wildman–Crippen LogP) is 1.21. The van der Waals surface area contributed by atoms with Gasteiger partial charge in [-0.3, -0.25) is 0 Å². The molecule has 4 unspecified atom stereocenters. The Morgan fingerprint density at radius 3 is 2.62 bits per heavy atom. The molecule has 0 aromatic rings. The van der Waals surface area contributed by atoms with Crippen molar-refractivity contribution in [2.24, 2.45) is 17.6 Å². The molecule has 1 aliphatic heterocycles. The summed E-state index contributed by atoms with van der Waals surface area (Å²) in [6, 6.07) is 0.618. The summed E-state index contributed by atoms with van der Waals surface area (Å²) in [7, 11) is 0. The van der Waals surface area contributed by atoms with Gasteiger partial charge in [-0.25, -0.2) is 0 Å². The van der Waals surface area contributed by atoms with Crippen LogP contribution in [0.15, 0.2) is 0 Å². The second kappa shape index (κ2) is 4.63. The average Bonchev–Trinajstić information content (AvgIpc) is 2.66. The molecule has 3 N–H and O–H groups in total. The number of nitrogens with zero attached hydrogens (tertiary/aromatic N) is 1. The molecule has 94 valence electrons. The molecule has 1 heterocycles. The molecular formula is C13H26N2O. The number of hydrogen-bond acceptors (Lipinski definition) is 3. The van der Waals surface area contributed by atoms with E-state index >= 15 is 0 Å². The van der Waals surface area contributed by atoms with Crippen molar-refractivity contribution in [1.82, 2.24) is 4.90 Å². The first-order valence-corrected chi connectivity index (χ1v) is 6.68. The Kier molecular flexibility index (Phi) is 3.57. The number of likely N-dealkylation sites (tertiary alicyclic amines) is 1. The first kappa shape index (κ1) is 12.3. The molecule has 3 nitrogen and oxygen atoms in total. The Bertz CT molecular complexity index is 244. The molecule has 0 bridgehead atoms. The topological polar surface area (TPSA) is 49.5 Å². The summed E-state index contributed by atoms with van der Waals surface area (Å²) in [6.07, 6.45) is 4.44. The van der Waals surface area contributed by atoms with Crippen LogP contribution in [0.3, 0.4) is 0 Å². The molecule has 1 saturated heterocycles. The largest absolute Gasteiger partial charge is 0.394 e. The van der Waals surface area contributed by atoms with Gasteiger partial charge in [0.1, 0.15) is 0 Å². The second-order valence-electron chi connectivity index (χ2n) is 6.16. The Morgan fingerprint density at radius 1 is 1.31 bits per heavy atom. The van der Waals surface area contributed by atoms with E-state index in [1.165, 1.54) is 19.5 Å². The number of aliphatic hydroxyl groups is 1. The van der Waals surface area contributed by atoms with Gasteiger partial charge < -0.3 is 15.7 Å². The summed E-state index contributed by atoms with van der Waals surface area (Å²) >= 11 is 0. The van der Waals surface area contributed by atoms with Crippen molar-refractivity contribution in [1.29, 1.82) is 0 Å². The van der Waals surface area contributed by atoms with Gasteiger partial charge in [-0.2, -0.15) is 0 Å². The molecule has 4 atom stereocenters. The Balaban J connectivity index is 1.90. The van der Waals surface area contributed by atoms with Crippen LogP contribution in [0.2, 0.25) is 0 Å². The van der Waals surface area contributed by atoms with Gasteiger partial charge in [0.25, 0.3) is 0 Å². The normalized spacial score (nSPS) is 46.1. The van der Waals surface area contributed by atoms with Crippen LogP contribution in [-0.2, 0) is 0 Å². The van der Waals surface area contributed by atoms with Crippen molar-refractivity contribution < 1.29 is 5.11 Å². The van der Waals surface area contributed by atoms with E-state index in [9.17, 15) is 5.11 Å². The molecule has 3 heteroatoms. The van der Waals surface area contributed by atoms with Crippen molar-refractivity contribution in [2.75, 3.05) is 19.7 Å². The number of hydrogen-bond donors (Lipinski definition) is 2. The lowest BCUT2D eigenvalue weighted by atomic mass is 9.87. The fraction of sp³-hybridized carbons (Fsp3) is 1.00. The summed E-state index contributed by atoms with van der Waals surface area (Å²) in [5, 5.41) is 9.29. The van der Waals surface area contributed by atoms with Gasteiger partial charge in [0.2, 0.25) is 0 Å². The molecule has 0 spiro atoms. The van der Waals surface area contributed by atoms with Crippen LogP contribution >= 0.6 is 0 Å². The van der Waals surface area contributed by atoms with Crippen LogP contribution in [0.25, 0.3) is 0 Å². The zero-order valence-electron chi connectivity index (χ0n) is 10.7. The minimum absolute atomic E-state index is 0.142. The molecule has 1 aliphatic carbocycles. The highest BCUT2D eigenvalue weighted by molar-refractivity contribution is 4.98. The predicted molar refractivity (Wildman–Crippen MR) is 66.2 cm³/mol. The van der Waals surface area contributed by atoms with E-state index in [0.717, 1.165) is 31.1 Å². The third-order valence-corrected chi connectivity index (χ3v) is 4.81. The third kappa shape index (κ3) is 2.41. The number of nitrogens with two attached hydrogens (primary N) is 1. The van der Waals surface area contributed by atoms with E-state index in [1.807, 2.05) is 0 Å². The minimum atomic E-state index is -0.295. The van der Waals surface area contributed by atoms with Gasteiger partial charge in [-0.15, -0.1) is 0 Å². The lowest BCUT2D eigenvalue weighted by Gasteiger charge is -2.39. The highest BCUT2D eigenvalue weighted by Crippen LogP contribution is 2.34. The summed E-state index contributed by atoms with van der Waals surface area (Å²) < 4.78 is 0.